The lowest BCUT2D eigenvalue weighted by Crippen LogP contribution is -2.27. The number of imidazole rings is 1. The molecule has 5 nitrogen and oxygen atoms in total. The molecule has 0 unspecified atom stereocenters. The molecule has 0 radical (unpaired) electrons. The fourth-order valence-electron chi connectivity index (χ4n) is 3.50. The molecule has 1 saturated heterocycles. The van der Waals surface area contributed by atoms with Gasteiger partial charge in [-0.15, -0.1) is 5.06 Å². The van der Waals surface area contributed by atoms with Gasteiger partial charge < -0.3 is 9.82 Å². The van der Waals surface area contributed by atoms with E-state index >= 15 is 0 Å². The van der Waals surface area contributed by atoms with Crippen molar-refractivity contribution in [2.24, 2.45) is 0 Å². The molecule has 0 atom stereocenters. The van der Waals surface area contributed by atoms with E-state index in [0.29, 0.717) is 10.5 Å². The zero-order chi connectivity index (χ0) is 18.6. The molecule has 0 aliphatic carbocycles. The second-order valence-electron chi connectivity index (χ2n) is 6.59. The molecule has 1 aliphatic heterocycles. The van der Waals surface area contributed by atoms with Crippen molar-refractivity contribution < 1.29 is 9.63 Å². The highest BCUT2D eigenvalue weighted by Gasteiger charge is 2.26. The van der Waals surface area contributed by atoms with Crippen LogP contribution in [-0.4, -0.2) is 33.7 Å². The summed E-state index contributed by atoms with van der Waals surface area (Å²) >= 11 is 5.54. The third-order valence-corrected chi connectivity index (χ3v) is 5.10. The Kier molecular flexibility index (Phi) is 5.18. The number of rotatable bonds is 5. The minimum Gasteiger partial charge on any atom is -0.363 e. The molecule has 138 valence electrons. The lowest BCUT2D eigenvalue weighted by atomic mass is 9.98. The van der Waals surface area contributed by atoms with Gasteiger partial charge in [0.05, 0.1) is 6.04 Å². The Morgan fingerprint density at radius 3 is 2.07 bits per heavy atom. The highest BCUT2D eigenvalue weighted by atomic mass is 32.1. The second kappa shape index (κ2) is 7.90. The van der Waals surface area contributed by atoms with Crippen molar-refractivity contribution in [3.05, 3.63) is 88.5 Å². The van der Waals surface area contributed by atoms with Crippen LogP contribution in [0.15, 0.2) is 66.9 Å². The number of hydrogen-bond acceptors (Lipinski definition) is 4. The number of carbonyl (C=O) groups excluding carboxylic acids is 1. The van der Waals surface area contributed by atoms with Crippen LogP contribution in [0.2, 0.25) is 0 Å². The lowest BCUT2D eigenvalue weighted by molar-refractivity contribution is -0.0935. The van der Waals surface area contributed by atoms with Crippen LogP contribution in [0.5, 0.6) is 0 Å². The molecule has 0 saturated carbocycles. The summed E-state index contributed by atoms with van der Waals surface area (Å²) < 4.78 is 2.33. The number of H-pyrrole nitrogens is 1. The van der Waals surface area contributed by atoms with Gasteiger partial charge in [0, 0.05) is 19.3 Å². The molecule has 1 aromatic heterocycles. The van der Waals surface area contributed by atoms with Crippen molar-refractivity contribution in [3.8, 4) is 0 Å². The van der Waals surface area contributed by atoms with Crippen molar-refractivity contribution >= 4 is 18.2 Å². The molecule has 27 heavy (non-hydrogen) atoms. The minimum absolute atomic E-state index is 0.215. The SMILES string of the molecule is O=C(ON1CCCC1)c1c[nH]c(=S)n1C(c1ccccc1)c1ccccc1. The third kappa shape index (κ3) is 3.72. The van der Waals surface area contributed by atoms with E-state index in [1.165, 1.54) is 0 Å². The normalized spacial score (nSPS) is 14.6. The molecular weight excluding hydrogens is 358 g/mol. The number of nitrogens with zero attached hydrogens (tertiary/aromatic N) is 2. The summed E-state index contributed by atoms with van der Waals surface area (Å²) in [6, 6.07) is 19.9. The molecule has 4 rings (SSSR count). The van der Waals surface area contributed by atoms with Gasteiger partial charge in [-0.25, -0.2) is 4.79 Å². The smallest absolute Gasteiger partial charge is 0.363 e. The van der Waals surface area contributed by atoms with Crippen LogP contribution in [-0.2, 0) is 4.84 Å². The number of hydrogen-bond donors (Lipinski definition) is 1. The van der Waals surface area contributed by atoms with E-state index in [4.69, 9.17) is 17.1 Å². The lowest BCUT2D eigenvalue weighted by Gasteiger charge is -2.22. The quantitative estimate of drug-likeness (QED) is 0.670. The van der Waals surface area contributed by atoms with Crippen LogP contribution in [0.1, 0.15) is 40.5 Å². The number of carbonyl (C=O) groups is 1. The van der Waals surface area contributed by atoms with Crippen LogP contribution >= 0.6 is 12.2 Å². The molecule has 0 bridgehead atoms. The molecule has 1 aliphatic rings. The first-order chi connectivity index (χ1) is 13.2. The van der Waals surface area contributed by atoms with Crippen molar-refractivity contribution in [1.82, 2.24) is 14.6 Å². The van der Waals surface area contributed by atoms with E-state index in [1.807, 2.05) is 65.2 Å². The van der Waals surface area contributed by atoms with Crippen LogP contribution in [0, 0.1) is 4.77 Å². The second-order valence-corrected chi connectivity index (χ2v) is 6.97. The van der Waals surface area contributed by atoms with Crippen molar-refractivity contribution in [1.29, 1.82) is 0 Å². The van der Waals surface area contributed by atoms with Gasteiger partial charge in [0.25, 0.3) is 0 Å². The summed E-state index contributed by atoms with van der Waals surface area (Å²) in [5.41, 5.74) is 2.52. The minimum atomic E-state index is -0.388. The average molecular weight is 379 g/mol. The Labute approximate surface area is 163 Å². The van der Waals surface area contributed by atoms with Gasteiger partial charge >= 0.3 is 5.97 Å². The standard InChI is InChI=1S/C21H21N3O2S/c25-20(26-23-13-7-8-14-23)18-15-22-21(27)24(18)19(16-9-3-1-4-10-16)17-11-5-2-6-12-17/h1-6,9-12,15,19H,7-8,13-14H2,(H,22,27). The van der Waals surface area contributed by atoms with Gasteiger partial charge in [0.2, 0.25) is 0 Å². The largest absolute Gasteiger partial charge is 0.375 e. The summed E-state index contributed by atoms with van der Waals surface area (Å²) in [7, 11) is 0. The topological polar surface area (TPSA) is 50.3 Å². The van der Waals surface area contributed by atoms with Gasteiger partial charge in [0.1, 0.15) is 5.69 Å². The fourth-order valence-corrected chi connectivity index (χ4v) is 3.76. The summed E-state index contributed by atoms with van der Waals surface area (Å²) in [6.45, 7) is 1.55. The first-order valence-electron chi connectivity index (χ1n) is 9.11. The highest BCUT2D eigenvalue weighted by molar-refractivity contribution is 7.71. The van der Waals surface area contributed by atoms with Gasteiger partial charge in [-0.1, -0.05) is 60.7 Å². The Bertz CT molecular complexity index is 920. The molecule has 0 amide bonds. The molecular formula is C21H21N3O2S. The Morgan fingerprint density at radius 1 is 0.963 bits per heavy atom. The van der Waals surface area contributed by atoms with Crippen LogP contribution in [0.4, 0.5) is 0 Å². The van der Waals surface area contributed by atoms with Gasteiger partial charge in [0.15, 0.2) is 4.77 Å². The van der Waals surface area contributed by atoms with E-state index in [-0.39, 0.29) is 12.0 Å². The predicted octanol–water partition coefficient (Wildman–Crippen LogP) is 4.35. The van der Waals surface area contributed by atoms with Gasteiger partial charge in [-0.05, 0) is 36.2 Å². The summed E-state index contributed by atoms with van der Waals surface area (Å²) in [5, 5.41) is 1.72. The zero-order valence-electron chi connectivity index (χ0n) is 14.9. The average Bonchev–Trinajstić information content (AvgIpc) is 3.34. The summed E-state index contributed by atoms with van der Waals surface area (Å²) in [5.74, 6) is -0.388. The van der Waals surface area contributed by atoms with Gasteiger partial charge in [-0.3, -0.25) is 4.57 Å². The Hall–Kier alpha value is -2.70. The van der Waals surface area contributed by atoms with Crippen molar-refractivity contribution in [2.75, 3.05) is 13.1 Å². The van der Waals surface area contributed by atoms with Gasteiger partial charge in [-0.2, -0.15) is 0 Å². The van der Waals surface area contributed by atoms with E-state index in [1.54, 1.807) is 11.3 Å². The van der Waals surface area contributed by atoms with E-state index < -0.39 is 0 Å². The van der Waals surface area contributed by atoms with Crippen molar-refractivity contribution in [2.45, 2.75) is 18.9 Å². The van der Waals surface area contributed by atoms with Crippen molar-refractivity contribution in [3.63, 3.8) is 0 Å². The molecule has 1 N–H and O–H groups in total. The highest BCUT2D eigenvalue weighted by Crippen LogP contribution is 2.29. The third-order valence-electron chi connectivity index (χ3n) is 4.79. The molecule has 1 fully saturated rings. The fraction of sp³-hybridized carbons (Fsp3) is 0.238. The number of aromatic amines is 1. The van der Waals surface area contributed by atoms with Crippen LogP contribution in [0.3, 0.4) is 0 Å². The Balaban J connectivity index is 1.78. The maximum atomic E-state index is 12.9. The first-order valence-corrected chi connectivity index (χ1v) is 9.52. The first kappa shape index (κ1) is 17.7. The maximum absolute atomic E-state index is 12.9. The summed E-state index contributed by atoms with van der Waals surface area (Å²) in [6.07, 6.45) is 3.73. The maximum Gasteiger partial charge on any atom is 0.375 e. The zero-order valence-corrected chi connectivity index (χ0v) is 15.7. The van der Waals surface area contributed by atoms with E-state index in [0.717, 1.165) is 37.1 Å². The molecule has 0 spiro atoms. The molecule has 2 aromatic carbocycles. The van der Waals surface area contributed by atoms with Crippen LogP contribution in [0.25, 0.3) is 0 Å². The predicted molar refractivity (Wildman–Crippen MR) is 106 cm³/mol. The molecule has 3 aromatic rings. The van der Waals surface area contributed by atoms with E-state index in [2.05, 4.69) is 4.98 Å². The number of aromatic nitrogens is 2. The van der Waals surface area contributed by atoms with Crippen LogP contribution < -0.4 is 0 Å². The monoisotopic (exact) mass is 379 g/mol. The number of nitrogens with one attached hydrogen (secondary N) is 1. The molecule has 2 heterocycles. The van der Waals surface area contributed by atoms with E-state index in [9.17, 15) is 4.79 Å². The summed E-state index contributed by atoms with van der Waals surface area (Å²) in [4.78, 5) is 21.5. The Morgan fingerprint density at radius 2 is 1.52 bits per heavy atom. The molecule has 6 heteroatoms. The number of hydroxylamine groups is 2. The number of benzene rings is 2.